The molecule has 0 unspecified atom stereocenters. The Hall–Kier alpha value is -1.33. The van der Waals surface area contributed by atoms with E-state index in [1.54, 1.807) is 6.07 Å². The molecule has 0 fully saturated rings. The van der Waals surface area contributed by atoms with Crippen LogP contribution in [0.3, 0.4) is 0 Å². The highest BCUT2D eigenvalue weighted by atomic mass is 32.2. The zero-order valence-electron chi connectivity index (χ0n) is 12.2. The van der Waals surface area contributed by atoms with Crippen LogP contribution in [0.25, 0.3) is 0 Å². The normalized spacial score (nSPS) is 11.3. The minimum absolute atomic E-state index is 0.0705. The van der Waals surface area contributed by atoms with E-state index in [0.717, 1.165) is 36.8 Å². The van der Waals surface area contributed by atoms with Crippen LogP contribution in [-0.2, 0) is 10.0 Å². The molecule has 0 radical (unpaired) electrons. The summed E-state index contributed by atoms with van der Waals surface area (Å²) in [5, 5.41) is 5.25. The fraction of sp³-hybridized carbons (Fsp3) is 0.467. The summed E-state index contributed by atoms with van der Waals surface area (Å²) in [4.78, 5) is 0.0705. The molecular formula is C15H23NO3S. The first kappa shape index (κ1) is 16.7. The van der Waals surface area contributed by atoms with Crippen LogP contribution in [0, 0.1) is 13.8 Å². The molecule has 1 rings (SSSR count). The highest BCUT2D eigenvalue weighted by molar-refractivity contribution is 7.89. The lowest BCUT2D eigenvalue weighted by molar-refractivity contribution is 0.296. The average molecular weight is 297 g/mol. The van der Waals surface area contributed by atoms with Gasteiger partial charge in [0.05, 0.1) is 6.61 Å². The van der Waals surface area contributed by atoms with Crippen molar-refractivity contribution in [1.29, 1.82) is 0 Å². The quantitative estimate of drug-likeness (QED) is 0.592. The average Bonchev–Trinajstić information content (AvgIpc) is 2.34. The Labute approximate surface area is 121 Å². The predicted molar refractivity (Wildman–Crippen MR) is 81.4 cm³/mol. The van der Waals surface area contributed by atoms with Gasteiger partial charge in [-0.05, 0) is 56.7 Å². The second kappa shape index (κ2) is 7.45. The molecule has 0 aliphatic heterocycles. The molecule has 4 nitrogen and oxygen atoms in total. The smallest absolute Gasteiger partial charge is 0.241 e. The number of rotatable bonds is 8. The Balaban J connectivity index is 2.76. The van der Waals surface area contributed by atoms with Gasteiger partial charge < -0.3 is 4.74 Å². The van der Waals surface area contributed by atoms with Gasteiger partial charge in [0.15, 0.2) is 0 Å². The summed E-state index contributed by atoms with van der Waals surface area (Å²) in [6.45, 7) is 7.82. The van der Waals surface area contributed by atoms with Gasteiger partial charge in [0.25, 0.3) is 0 Å². The Morgan fingerprint density at radius 2 is 1.95 bits per heavy atom. The van der Waals surface area contributed by atoms with Crippen molar-refractivity contribution in [1.82, 2.24) is 0 Å². The zero-order valence-corrected chi connectivity index (χ0v) is 13.0. The second-order valence-electron chi connectivity index (χ2n) is 4.94. The van der Waals surface area contributed by atoms with E-state index in [0.29, 0.717) is 12.4 Å². The first-order chi connectivity index (χ1) is 9.36. The fourth-order valence-corrected chi connectivity index (χ4v) is 2.88. The summed E-state index contributed by atoms with van der Waals surface area (Å²) < 4.78 is 28.9. The molecule has 1 aromatic rings. The Bertz CT molecular complexity index is 565. The van der Waals surface area contributed by atoms with Crippen molar-refractivity contribution in [2.24, 2.45) is 5.14 Å². The lowest BCUT2D eigenvalue weighted by Crippen LogP contribution is -2.15. The molecule has 0 spiro atoms. The van der Waals surface area contributed by atoms with Gasteiger partial charge in [0, 0.05) is 0 Å². The molecule has 1 aromatic carbocycles. The lowest BCUT2D eigenvalue weighted by atomic mass is 10.1. The molecule has 2 N–H and O–H groups in total. The van der Waals surface area contributed by atoms with Crippen LogP contribution < -0.4 is 9.88 Å². The minimum Gasteiger partial charge on any atom is -0.492 e. The highest BCUT2D eigenvalue weighted by Gasteiger charge is 2.18. The van der Waals surface area contributed by atoms with E-state index in [2.05, 4.69) is 6.58 Å². The Morgan fingerprint density at radius 3 is 2.55 bits per heavy atom. The first-order valence-corrected chi connectivity index (χ1v) is 8.28. The van der Waals surface area contributed by atoms with E-state index in [-0.39, 0.29) is 4.90 Å². The van der Waals surface area contributed by atoms with Gasteiger partial charge in [-0.15, -0.1) is 6.58 Å². The molecule has 0 saturated carbocycles. The van der Waals surface area contributed by atoms with Gasteiger partial charge >= 0.3 is 0 Å². The molecule has 5 heteroatoms. The van der Waals surface area contributed by atoms with Gasteiger partial charge in [-0.3, -0.25) is 0 Å². The monoisotopic (exact) mass is 297 g/mol. The number of benzene rings is 1. The summed E-state index contributed by atoms with van der Waals surface area (Å²) in [6, 6.07) is 3.44. The minimum atomic E-state index is -3.77. The zero-order chi connectivity index (χ0) is 15.2. The third-order valence-corrected chi connectivity index (χ3v) is 3.91. The van der Waals surface area contributed by atoms with Crippen molar-refractivity contribution < 1.29 is 13.2 Å². The second-order valence-corrected chi connectivity index (χ2v) is 6.47. The van der Waals surface area contributed by atoms with Crippen molar-refractivity contribution in [2.75, 3.05) is 6.61 Å². The predicted octanol–water partition coefficient (Wildman–Crippen LogP) is 3.08. The van der Waals surface area contributed by atoms with Crippen LogP contribution in [0.2, 0.25) is 0 Å². The molecule has 0 atom stereocenters. The molecule has 112 valence electrons. The van der Waals surface area contributed by atoms with Crippen LogP contribution >= 0.6 is 0 Å². The number of aryl methyl sites for hydroxylation is 2. The van der Waals surface area contributed by atoms with Crippen LogP contribution in [-0.4, -0.2) is 15.0 Å². The molecule has 0 aliphatic rings. The maximum absolute atomic E-state index is 11.6. The van der Waals surface area contributed by atoms with Crippen molar-refractivity contribution in [3.8, 4) is 5.75 Å². The fourth-order valence-electron chi connectivity index (χ4n) is 2.05. The standard InChI is InChI=1S/C15H23NO3S/c1-4-5-6-7-8-9-19-15-13(3)10-12(2)11-14(15)20(16,17)18/h4,10-11H,1,5-9H2,2-3H3,(H2,16,17,18). The summed E-state index contributed by atoms with van der Waals surface area (Å²) in [5.74, 6) is 0.377. The van der Waals surface area contributed by atoms with E-state index < -0.39 is 10.0 Å². The molecule has 0 aliphatic carbocycles. The number of hydrogen-bond acceptors (Lipinski definition) is 3. The number of sulfonamides is 1. The van der Waals surface area contributed by atoms with Crippen molar-refractivity contribution in [2.45, 2.75) is 44.4 Å². The molecule has 0 heterocycles. The molecule has 0 bridgehead atoms. The van der Waals surface area contributed by atoms with Crippen molar-refractivity contribution >= 4 is 10.0 Å². The van der Waals surface area contributed by atoms with Gasteiger partial charge in [0.2, 0.25) is 10.0 Å². The van der Waals surface area contributed by atoms with Crippen LogP contribution in [0.15, 0.2) is 29.7 Å². The van der Waals surface area contributed by atoms with E-state index in [9.17, 15) is 8.42 Å². The number of ether oxygens (including phenoxy) is 1. The molecule has 0 aromatic heterocycles. The third kappa shape index (κ3) is 4.98. The molecule has 0 amide bonds. The maximum atomic E-state index is 11.6. The molecule has 20 heavy (non-hydrogen) atoms. The van der Waals surface area contributed by atoms with Gasteiger partial charge in [-0.2, -0.15) is 0 Å². The summed E-state index contributed by atoms with van der Waals surface area (Å²) in [7, 11) is -3.77. The van der Waals surface area contributed by atoms with E-state index in [1.807, 2.05) is 26.0 Å². The van der Waals surface area contributed by atoms with Gasteiger partial charge in [-0.25, -0.2) is 13.6 Å². The summed E-state index contributed by atoms with van der Waals surface area (Å²) in [5.41, 5.74) is 1.64. The van der Waals surface area contributed by atoms with Crippen LogP contribution in [0.1, 0.15) is 36.8 Å². The van der Waals surface area contributed by atoms with Crippen molar-refractivity contribution in [3.05, 3.63) is 35.9 Å². The van der Waals surface area contributed by atoms with Gasteiger partial charge in [0.1, 0.15) is 10.6 Å². The highest BCUT2D eigenvalue weighted by Crippen LogP contribution is 2.28. The van der Waals surface area contributed by atoms with Crippen LogP contribution in [0.5, 0.6) is 5.75 Å². The van der Waals surface area contributed by atoms with Crippen molar-refractivity contribution in [3.63, 3.8) is 0 Å². The number of allylic oxidation sites excluding steroid dienone is 1. The van der Waals surface area contributed by atoms with Crippen LogP contribution in [0.4, 0.5) is 0 Å². The van der Waals surface area contributed by atoms with E-state index in [4.69, 9.17) is 9.88 Å². The summed E-state index contributed by atoms with van der Waals surface area (Å²) in [6.07, 6.45) is 5.87. The lowest BCUT2D eigenvalue weighted by Gasteiger charge is -2.14. The number of unbranched alkanes of at least 4 members (excludes halogenated alkanes) is 3. The summed E-state index contributed by atoms with van der Waals surface area (Å²) >= 11 is 0. The Morgan fingerprint density at radius 1 is 1.25 bits per heavy atom. The first-order valence-electron chi connectivity index (χ1n) is 6.74. The van der Waals surface area contributed by atoms with Gasteiger partial charge in [-0.1, -0.05) is 12.1 Å². The molecular weight excluding hydrogens is 274 g/mol. The topological polar surface area (TPSA) is 69.4 Å². The SMILES string of the molecule is C=CCCCCCOc1c(C)cc(C)cc1S(N)(=O)=O. The maximum Gasteiger partial charge on any atom is 0.241 e. The Kier molecular flexibility index (Phi) is 6.23. The number of nitrogens with two attached hydrogens (primary N) is 1. The van der Waals surface area contributed by atoms with E-state index >= 15 is 0 Å². The largest absolute Gasteiger partial charge is 0.492 e. The number of hydrogen-bond donors (Lipinski definition) is 1. The molecule has 0 saturated heterocycles. The van der Waals surface area contributed by atoms with E-state index in [1.165, 1.54) is 0 Å². The number of primary sulfonamides is 1. The third-order valence-electron chi connectivity index (χ3n) is 2.99.